The normalized spacial score (nSPS) is 14.1. The summed E-state index contributed by atoms with van der Waals surface area (Å²) in [5, 5.41) is 0. The van der Waals surface area contributed by atoms with Gasteiger partial charge in [-0.15, -0.1) is 0 Å². The molecule has 1 saturated carbocycles. The Bertz CT molecular complexity index is 1010. The van der Waals surface area contributed by atoms with Crippen LogP contribution in [0.25, 0.3) is 16.6 Å². The highest BCUT2D eigenvalue weighted by molar-refractivity contribution is 5.78. The number of aromatic nitrogens is 1. The Balaban J connectivity index is 1.96. The molecular weight excluding hydrogens is 308 g/mol. The largest absolute Gasteiger partial charge is 0.378 e. The third kappa shape index (κ3) is 2.64. The number of nitrogens with zero attached hydrogens (tertiary/aromatic N) is 2. The van der Waals surface area contributed by atoms with Gasteiger partial charge in [0.1, 0.15) is 0 Å². The molecule has 2 heterocycles. The Morgan fingerprint density at radius 3 is 2.32 bits per heavy atom. The molecule has 0 amide bonds. The van der Waals surface area contributed by atoms with Crippen LogP contribution in [0.5, 0.6) is 0 Å². The molecule has 0 bridgehead atoms. The van der Waals surface area contributed by atoms with Crippen LogP contribution >= 0.6 is 0 Å². The maximum Gasteiger partial charge on any atom is 0.255 e. The van der Waals surface area contributed by atoms with Crippen molar-refractivity contribution >= 4 is 11.2 Å². The predicted molar refractivity (Wildman–Crippen MR) is 105 cm³/mol. The minimum atomic E-state index is 0.0644. The van der Waals surface area contributed by atoms with E-state index in [1.54, 1.807) is 6.07 Å². The van der Waals surface area contributed by atoms with Crippen LogP contribution in [0.15, 0.2) is 47.4 Å². The summed E-state index contributed by atoms with van der Waals surface area (Å²) in [5.41, 5.74) is 8.46. The standard InChI is InChI=1S/C22H24N2O/c1-14-13-20(25)24-12-11-19(15(2)22(24)21(14)17-5-6-17)16-7-9-18(10-8-16)23(3)4/h7-13,17H,5-6H2,1-4H3. The van der Waals surface area contributed by atoms with Crippen LogP contribution in [-0.2, 0) is 0 Å². The Kier molecular flexibility index (Phi) is 3.68. The van der Waals surface area contributed by atoms with Gasteiger partial charge in [0.05, 0.1) is 5.52 Å². The molecule has 0 atom stereocenters. The molecule has 1 aliphatic carbocycles. The number of aryl methyl sites for hydroxylation is 2. The van der Waals surface area contributed by atoms with Gasteiger partial charge in [-0.2, -0.15) is 0 Å². The average Bonchev–Trinajstić information content (AvgIpc) is 3.41. The zero-order chi connectivity index (χ0) is 17.7. The lowest BCUT2D eigenvalue weighted by Crippen LogP contribution is -2.16. The first kappa shape index (κ1) is 15.9. The van der Waals surface area contributed by atoms with E-state index in [4.69, 9.17) is 0 Å². The predicted octanol–water partition coefficient (Wildman–Crippen LogP) is 4.53. The topological polar surface area (TPSA) is 24.7 Å². The Hall–Kier alpha value is -2.55. The fourth-order valence-corrected chi connectivity index (χ4v) is 3.83. The minimum absolute atomic E-state index is 0.0644. The van der Waals surface area contributed by atoms with Gasteiger partial charge < -0.3 is 4.90 Å². The van der Waals surface area contributed by atoms with E-state index >= 15 is 0 Å². The molecule has 3 nitrogen and oxygen atoms in total. The monoisotopic (exact) mass is 332 g/mol. The zero-order valence-electron chi connectivity index (χ0n) is 15.3. The molecule has 0 unspecified atom stereocenters. The van der Waals surface area contributed by atoms with Crippen LogP contribution in [-0.4, -0.2) is 18.5 Å². The lowest BCUT2D eigenvalue weighted by atomic mass is 9.95. The van der Waals surface area contributed by atoms with Gasteiger partial charge in [-0.25, -0.2) is 0 Å². The van der Waals surface area contributed by atoms with E-state index in [1.807, 2.05) is 24.7 Å². The molecule has 0 aliphatic heterocycles. The van der Waals surface area contributed by atoms with Crippen LogP contribution in [0.4, 0.5) is 5.69 Å². The van der Waals surface area contributed by atoms with Crippen molar-refractivity contribution in [1.82, 2.24) is 4.40 Å². The summed E-state index contributed by atoms with van der Waals surface area (Å²) in [5.74, 6) is 0.612. The van der Waals surface area contributed by atoms with E-state index in [1.165, 1.54) is 40.8 Å². The van der Waals surface area contributed by atoms with E-state index in [9.17, 15) is 4.79 Å². The number of benzene rings is 1. The van der Waals surface area contributed by atoms with Crippen molar-refractivity contribution in [2.45, 2.75) is 32.6 Å². The number of hydrogen-bond acceptors (Lipinski definition) is 2. The van der Waals surface area contributed by atoms with Gasteiger partial charge in [0.2, 0.25) is 0 Å². The molecule has 0 saturated heterocycles. The highest BCUT2D eigenvalue weighted by Crippen LogP contribution is 2.44. The third-order valence-corrected chi connectivity index (χ3v) is 5.33. The third-order valence-electron chi connectivity index (χ3n) is 5.33. The van der Waals surface area contributed by atoms with Crippen molar-refractivity contribution in [2.75, 3.05) is 19.0 Å². The van der Waals surface area contributed by atoms with E-state index in [0.717, 1.165) is 11.1 Å². The average molecular weight is 332 g/mol. The first-order valence-electron chi connectivity index (χ1n) is 8.90. The molecule has 4 rings (SSSR count). The molecule has 3 heteroatoms. The molecule has 0 spiro atoms. The van der Waals surface area contributed by atoms with Crippen LogP contribution in [0.1, 0.15) is 35.4 Å². The molecular formula is C22H24N2O. The van der Waals surface area contributed by atoms with Gasteiger partial charge in [-0.3, -0.25) is 9.20 Å². The summed E-state index contributed by atoms with van der Waals surface area (Å²) >= 11 is 0. The quantitative estimate of drug-likeness (QED) is 0.704. The second-order valence-corrected chi connectivity index (χ2v) is 7.37. The van der Waals surface area contributed by atoms with Crippen molar-refractivity contribution in [3.8, 4) is 11.1 Å². The molecule has 0 N–H and O–H groups in total. The van der Waals surface area contributed by atoms with Crippen molar-refractivity contribution in [3.63, 3.8) is 0 Å². The van der Waals surface area contributed by atoms with Crippen LogP contribution < -0.4 is 10.5 Å². The summed E-state index contributed by atoms with van der Waals surface area (Å²) < 4.78 is 1.83. The first-order valence-corrected chi connectivity index (χ1v) is 8.90. The molecule has 3 aromatic rings. The first-order chi connectivity index (χ1) is 12.0. The highest BCUT2D eigenvalue weighted by atomic mass is 16.1. The van der Waals surface area contributed by atoms with Gasteiger partial charge in [-0.05, 0) is 78.6 Å². The van der Waals surface area contributed by atoms with E-state index in [-0.39, 0.29) is 5.56 Å². The van der Waals surface area contributed by atoms with Crippen LogP contribution in [0, 0.1) is 13.8 Å². The Morgan fingerprint density at radius 1 is 1.04 bits per heavy atom. The van der Waals surface area contributed by atoms with Crippen molar-refractivity contribution in [3.05, 3.63) is 69.6 Å². The molecule has 25 heavy (non-hydrogen) atoms. The zero-order valence-corrected chi connectivity index (χ0v) is 15.3. The second-order valence-electron chi connectivity index (χ2n) is 7.37. The van der Waals surface area contributed by atoms with E-state index in [0.29, 0.717) is 5.92 Å². The summed E-state index contributed by atoms with van der Waals surface area (Å²) in [6.07, 6.45) is 4.40. The highest BCUT2D eigenvalue weighted by Gasteiger charge is 2.28. The summed E-state index contributed by atoms with van der Waals surface area (Å²) in [7, 11) is 4.10. The number of pyridine rings is 2. The van der Waals surface area contributed by atoms with Crippen molar-refractivity contribution in [2.24, 2.45) is 0 Å². The number of fused-ring (bicyclic) bond motifs is 1. The summed E-state index contributed by atoms with van der Waals surface area (Å²) in [6, 6.07) is 12.5. The van der Waals surface area contributed by atoms with E-state index in [2.05, 4.69) is 49.1 Å². The lowest BCUT2D eigenvalue weighted by Gasteiger charge is -2.17. The summed E-state index contributed by atoms with van der Waals surface area (Å²) in [4.78, 5) is 14.6. The summed E-state index contributed by atoms with van der Waals surface area (Å²) in [6.45, 7) is 4.22. The smallest absolute Gasteiger partial charge is 0.255 e. The number of hydrogen-bond donors (Lipinski definition) is 0. The lowest BCUT2D eigenvalue weighted by molar-refractivity contribution is 1.01. The fraction of sp³-hybridized carbons (Fsp3) is 0.318. The molecule has 1 fully saturated rings. The molecule has 1 aromatic carbocycles. The van der Waals surface area contributed by atoms with Crippen molar-refractivity contribution < 1.29 is 0 Å². The van der Waals surface area contributed by atoms with Crippen LogP contribution in [0.3, 0.4) is 0 Å². The van der Waals surface area contributed by atoms with E-state index < -0.39 is 0 Å². The maximum absolute atomic E-state index is 12.5. The SMILES string of the molecule is Cc1cc(=O)n2ccc(-c3ccc(N(C)C)cc3)c(C)c2c1C1CC1. The van der Waals surface area contributed by atoms with Gasteiger partial charge in [-0.1, -0.05) is 12.1 Å². The Labute approximate surface area is 148 Å². The molecule has 1 aliphatic rings. The van der Waals surface area contributed by atoms with Gasteiger partial charge in [0.25, 0.3) is 5.56 Å². The Morgan fingerprint density at radius 2 is 1.72 bits per heavy atom. The van der Waals surface area contributed by atoms with Gasteiger partial charge in [0, 0.05) is 32.0 Å². The minimum Gasteiger partial charge on any atom is -0.378 e. The number of rotatable bonds is 3. The fourth-order valence-electron chi connectivity index (χ4n) is 3.83. The van der Waals surface area contributed by atoms with Gasteiger partial charge >= 0.3 is 0 Å². The maximum atomic E-state index is 12.5. The molecule has 2 aromatic heterocycles. The molecule has 0 radical (unpaired) electrons. The van der Waals surface area contributed by atoms with Gasteiger partial charge in [0.15, 0.2) is 0 Å². The molecule has 128 valence electrons. The second kappa shape index (κ2) is 5.76. The number of anilines is 1. The van der Waals surface area contributed by atoms with Crippen molar-refractivity contribution in [1.29, 1.82) is 0 Å². The van der Waals surface area contributed by atoms with Crippen LogP contribution in [0.2, 0.25) is 0 Å².